The van der Waals surface area contributed by atoms with Crippen molar-refractivity contribution in [2.45, 2.75) is 19.0 Å². The molecule has 3 aromatic carbocycles. The fourth-order valence-electron chi connectivity index (χ4n) is 3.57. The van der Waals surface area contributed by atoms with Gasteiger partial charge in [-0.1, -0.05) is 60.7 Å². The number of hydrogen-bond donors (Lipinski definition) is 2. The first kappa shape index (κ1) is 16.1. The number of carbonyl (C=O) groups is 2. The Labute approximate surface area is 151 Å². The second kappa shape index (κ2) is 6.52. The van der Waals surface area contributed by atoms with E-state index in [9.17, 15) is 9.59 Å². The second-order valence-electron chi connectivity index (χ2n) is 6.42. The van der Waals surface area contributed by atoms with Gasteiger partial charge in [0.05, 0.1) is 0 Å². The molecule has 0 aromatic heterocycles. The minimum absolute atomic E-state index is 0.313. The minimum Gasteiger partial charge on any atom is -0.368 e. The molecule has 26 heavy (non-hydrogen) atoms. The van der Waals surface area contributed by atoms with Crippen molar-refractivity contribution >= 4 is 28.4 Å². The van der Waals surface area contributed by atoms with Crippen LogP contribution in [0.15, 0.2) is 66.7 Å². The van der Waals surface area contributed by atoms with Gasteiger partial charge in [-0.3, -0.25) is 9.69 Å². The number of fused-ring (bicyclic) bond motifs is 2. The number of primary amides is 1. The van der Waals surface area contributed by atoms with Crippen molar-refractivity contribution in [1.29, 1.82) is 0 Å². The van der Waals surface area contributed by atoms with Gasteiger partial charge in [-0.2, -0.15) is 0 Å². The monoisotopic (exact) mass is 345 g/mol. The normalized spacial score (nSPS) is 15.7. The molecule has 1 atom stereocenters. The first-order valence-corrected chi connectivity index (χ1v) is 8.56. The minimum atomic E-state index is -0.653. The Balaban J connectivity index is 1.58. The Hall–Kier alpha value is -3.34. The van der Waals surface area contributed by atoms with Crippen LogP contribution >= 0.6 is 0 Å². The molecule has 3 N–H and O–H groups in total. The molecule has 3 aromatic rings. The largest absolute Gasteiger partial charge is 0.368 e. The van der Waals surface area contributed by atoms with E-state index >= 15 is 0 Å². The molecule has 0 unspecified atom stereocenters. The summed E-state index contributed by atoms with van der Waals surface area (Å²) < 4.78 is 0. The number of nitrogens with zero attached hydrogens (tertiary/aromatic N) is 1. The quantitative estimate of drug-likeness (QED) is 0.766. The maximum Gasteiger partial charge on any atom is 0.322 e. The number of benzene rings is 3. The average molecular weight is 345 g/mol. The molecule has 130 valence electrons. The molecular weight excluding hydrogens is 326 g/mol. The van der Waals surface area contributed by atoms with E-state index in [1.807, 2.05) is 66.7 Å². The highest BCUT2D eigenvalue weighted by Crippen LogP contribution is 2.32. The van der Waals surface area contributed by atoms with Crippen LogP contribution in [0.4, 0.5) is 10.5 Å². The summed E-state index contributed by atoms with van der Waals surface area (Å²) in [6.07, 6.45) is 0.452. The fraction of sp³-hybridized carbons (Fsp3) is 0.143. The summed E-state index contributed by atoms with van der Waals surface area (Å²) in [5, 5.41) is 5.16. The van der Waals surface area contributed by atoms with E-state index in [0.717, 1.165) is 27.6 Å². The lowest BCUT2D eigenvalue weighted by Gasteiger charge is -2.23. The van der Waals surface area contributed by atoms with Crippen LogP contribution in [0.25, 0.3) is 10.8 Å². The van der Waals surface area contributed by atoms with E-state index < -0.39 is 11.9 Å². The smallest absolute Gasteiger partial charge is 0.322 e. The summed E-state index contributed by atoms with van der Waals surface area (Å²) in [6, 6.07) is 20.6. The molecule has 5 nitrogen and oxygen atoms in total. The van der Waals surface area contributed by atoms with Gasteiger partial charge in [0.2, 0.25) is 5.91 Å². The Morgan fingerprint density at radius 1 is 1.00 bits per heavy atom. The zero-order valence-electron chi connectivity index (χ0n) is 14.2. The molecule has 0 spiro atoms. The van der Waals surface area contributed by atoms with Gasteiger partial charge in [0.1, 0.15) is 6.04 Å². The number of rotatable bonds is 3. The lowest BCUT2D eigenvalue weighted by atomic mass is 10.0. The van der Waals surface area contributed by atoms with Crippen molar-refractivity contribution in [3.05, 3.63) is 77.9 Å². The molecular formula is C21H19N3O2. The predicted molar refractivity (Wildman–Crippen MR) is 102 cm³/mol. The summed E-state index contributed by atoms with van der Waals surface area (Å²) in [7, 11) is 0. The van der Waals surface area contributed by atoms with E-state index in [1.54, 1.807) is 0 Å². The Kier molecular flexibility index (Phi) is 4.05. The van der Waals surface area contributed by atoms with Crippen LogP contribution in [0, 0.1) is 0 Å². The van der Waals surface area contributed by atoms with Crippen LogP contribution in [0.1, 0.15) is 11.1 Å². The Morgan fingerprint density at radius 3 is 2.58 bits per heavy atom. The number of urea groups is 1. The number of nitrogens with two attached hydrogens (primary N) is 1. The van der Waals surface area contributed by atoms with Crippen molar-refractivity contribution in [2.24, 2.45) is 5.73 Å². The molecule has 4 rings (SSSR count). The SMILES string of the molecule is NC(=O)[C@@H]1Cc2ccccc2N1C(=O)NCc1cccc2ccccc12. The van der Waals surface area contributed by atoms with Crippen molar-refractivity contribution in [3.8, 4) is 0 Å². The molecule has 1 heterocycles. The standard InChI is InChI=1S/C21H19N3O2/c22-20(25)19-12-15-7-2-4-11-18(15)24(19)21(26)23-13-16-9-5-8-14-6-1-3-10-17(14)16/h1-11,19H,12-13H2,(H2,22,25)(H,23,26)/t19-/m0/s1. The first-order valence-electron chi connectivity index (χ1n) is 8.56. The summed E-state index contributed by atoms with van der Waals surface area (Å²) in [4.78, 5) is 26.1. The number of para-hydroxylation sites is 1. The van der Waals surface area contributed by atoms with Crippen LogP contribution in [0.5, 0.6) is 0 Å². The highest BCUT2D eigenvalue weighted by Gasteiger charge is 2.36. The number of amides is 3. The van der Waals surface area contributed by atoms with Crippen LogP contribution in [-0.2, 0) is 17.8 Å². The molecule has 0 fully saturated rings. The lowest BCUT2D eigenvalue weighted by Crippen LogP contribution is -2.50. The molecule has 0 saturated heterocycles. The van der Waals surface area contributed by atoms with Gasteiger partial charge in [0, 0.05) is 18.7 Å². The van der Waals surface area contributed by atoms with Crippen molar-refractivity contribution in [1.82, 2.24) is 5.32 Å². The molecule has 3 amide bonds. The topological polar surface area (TPSA) is 75.4 Å². The van der Waals surface area contributed by atoms with Crippen LogP contribution < -0.4 is 16.0 Å². The number of nitrogens with one attached hydrogen (secondary N) is 1. The summed E-state index contributed by atoms with van der Waals surface area (Å²) in [5.41, 5.74) is 8.25. The van der Waals surface area contributed by atoms with Gasteiger partial charge >= 0.3 is 6.03 Å². The maximum absolute atomic E-state index is 12.8. The lowest BCUT2D eigenvalue weighted by molar-refractivity contribution is -0.119. The van der Waals surface area contributed by atoms with E-state index in [1.165, 1.54) is 4.90 Å². The van der Waals surface area contributed by atoms with Gasteiger partial charge in [-0.15, -0.1) is 0 Å². The van der Waals surface area contributed by atoms with Crippen molar-refractivity contribution < 1.29 is 9.59 Å². The zero-order valence-corrected chi connectivity index (χ0v) is 14.2. The van der Waals surface area contributed by atoms with E-state index in [2.05, 4.69) is 5.32 Å². The third-order valence-electron chi connectivity index (χ3n) is 4.83. The zero-order chi connectivity index (χ0) is 18.1. The molecule has 1 aliphatic rings. The Morgan fingerprint density at radius 2 is 1.73 bits per heavy atom. The highest BCUT2D eigenvalue weighted by atomic mass is 16.2. The van der Waals surface area contributed by atoms with Gasteiger partial charge in [-0.25, -0.2) is 4.79 Å². The number of carbonyl (C=O) groups excluding carboxylic acids is 2. The van der Waals surface area contributed by atoms with Crippen LogP contribution in [0.3, 0.4) is 0 Å². The van der Waals surface area contributed by atoms with Crippen molar-refractivity contribution in [2.75, 3.05) is 4.90 Å². The van der Waals surface area contributed by atoms with Crippen molar-refractivity contribution in [3.63, 3.8) is 0 Å². The second-order valence-corrected chi connectivity index (χ2v) is 6.42. The Bertz CT molecular complexity index is 994. The molecule has 0 radical (unpaired) electrons. The number of anilines is 1. The average Bonchev–Trinajstić information content (AvgIpc) is 3.06. The number of hydrogen-bond acceptors (Lipinski definition) is 2. The van der Waals surface area contributed by atoms with Gasteiger partial charge in [0.15, 0.2) is 0 Å². The van der Waals surface area contributed by atoms with Crippen LogP contribution in [0.2, 0.25) is 0 Å². The van der Waals surface area contributed by atoms with Gasteiger partial charge in [-0.05, 0) is 28.0 Å². The third-order valence-corrected chi connectivity index (χ3v) is 4.83. The summed E-state index contributed by atoms with van der Waals surface area (Å²) in [5.74, 6) is -0.499. The maximum atomic E-state index is 12.8. The molecule has 0 aliphatic carbocycles. The molecule has 0 saturated carbocycles. The van der Waals surface area contributed by atoms with E-state index in [4.69, 9.17) is 5.73 Å². The van der Waals surface area contributed by atoms with E-state index in [-0.39, 0.29) is 6.03 Å². The predicted octanol–water partition coefficient (Wildman–Crippen LogP) is 2.97. The first-order chi connectivity index (χ1) is 12.6. The highest BCUT2D eigenvalue weighted by molar-refractivity contribution is 6.02. The summed E-state index contributed by atoms with van der Waals surface area (Å²) >= 11 is 0. The molecule has 5 heteroatoms. The van der Waals surface area contributed by atoms with E-state index in [0.29, 0.717) is 13.0 Å². The fourth-order valence-corrected chi connectivity index (χ4v) is 3.57. The third kappa shape index (κ3) is 2.77. The summed E-state index contributed by atoms with van der Waals surface area (Å²) in [6.45, 7) is 0.379. The molecule has 0 bridgehead atoms. The van der Waals surface area contributed by atoms with Gasteiger partial charge < -0.3 is 11.1 Å². The van der Waals surface area contributed by atoms with Gasteiger partial charge in [0.25, 0.3) is 0 Å². The molecule has 1 aliphatic heterocycles. The van der Waals surface area contributed by atoms with Crippen LogP contribution in [-0.4, -0.2) is 18.0 Å².